The summed E-state index contributed by atoms with van der Waals surface area (Å²) in [6, 6.07) is 5.29. The van der Waals surface area contributed by atoms with Crippen molar-refractivity contribution in [1.29, 1.82) is 0 Å². The third-order valence-corrected chi connectivity index (χ3v) is 6.26. The highest BCUT2D eigenvalue weighted by molar-refractivity contribution is 7.89. The average Bonchev–Trinajstić information content (AvgIpc) is 2.61. The van der Waals surface area contributed by atoms with E-state index in [-0.39, 0.29) is 31.7 Å². The molecule has 1 aliphatic rings. The van der Waals surface area contributed by atoms with Crippen LogP contribution < -0.4 is 5.56 Å². The number of sulfonamides is 1. The molecule has 2 aromatic rings. The van der Waals surface area contributed by atoms with E-state index < -0.39 is 38.0 Å². The highest BCUT2D eigenvalue weighted by atomic mass is 32.2. The number of aromatic nitrogens is 1. The molecule has 2 heterocycles. The number of aromatic amines is 1. The molecule has 1 aliphatic heterocycles. The maximum atomic E-state index is 13.9. The fourth-order valence-electron chi connectivity index (χ4n) is 2.87. The fourth-order valence-corrected chi connectivity index (χ4v) is 4.33. The zero-order valence-corrected chi connectivity index (χ0v) is 15.2. The van der Waals surface area contributed by atoms with Crippen molar-refractivity contribution in [1.82, 2.24) is 14.2 Å². The first-order chi connectivity index (χ1) is 12.7. The highest BCUT2D eigenvalue weighted by Gasteiger charge is 2.32. The molecule has 3 rings (SSSR count). The number of rotatable bonds is 3. The molecule has 1 saturated heterocycles. The minimum absolute atomic E-state index is 0.0264. The lowest BCUT2D eigenvalue weighted by atomic mass is 10.2. The number of amides is 1. The van der Waals surface area contributed by atoms with Gasteiger partial charge in [-0.1, -0.05) is 0 Å². The molecule has 1 amide bonds. The summed E-state index contributed by atoms with van der Waals surface area (Å²) in [5.74, 6) is -2.54. The van der Waals surface area contributed by atoms with E-state index in [1.807, 2.05) is 0 Å². The number of hydrogen-bond donors (Lipinski definition) is 1. The van der Waals surface area contributed by atoms with E-state index >= 15 is 0 Å². The number of nitrogens with zero attached hydrogens (tertiary/aromatic N) is 2. The highest BCUT2D eigenvalue weighted by Crippen LogP contribution is 2.21. The van der Waals surface area contributed by atoms with Crippen LogP contribution in [0.5, 0.6) is 0 Å². The van der Waals surface area contributed by atoms with Crippen LogP contribution in [0.15, 0.2) is 40.0 Å². The molecule has 0 aliphatic carbocycles. The monoisotopic (exact) mass is 397 g/mol. The molecule has 1 fully saturated rings. The summed E-state index contributed by atoms with van der Waals surface area (Å²) in [5.41, 5.74) is 0.0821. The van der Waals surface area contributed by atoms with Gasteiger partial charge < -0.3 is 9.88 Å². The summed E-state index contributed by atoms with van der Waals surface area (Å²) in [4.78, 5) is 27.7. The molecule has 0 saturated carbocycles. The zero-order valence-electron chi connectivity index (χ0n) is 14.4. The second kappa shape index (κ2) is 7.20. The molecule has 0 atom stereocenters. The molecule has 144 valence electrons. The van der Waals surface area contributed by atoms with E-state index in [2.05, 4.69) is 4.98 Å². The Hall–Kier alpha value is -2.59. The molecule has 0 spiro atoms. The maximum absolute atomic E-state index is 13.9. The van der Waals surface area contributed by atoms with Crippen LogP contribution in [-0.2, 0) is 10.0 Å². The van der Waals surface area contributed by atoms with Gasteiger partial charge in [0.2, 0.25) is 10.0 Å². The van der Waals surface area contributed by atoms with Gasteiger partial charge in [0.15, 0.2) is 0 Å². The first kappa shape index (κ1) is 19.2. The summed E-state index contributed by atoms with van der Waals surface area (Å²) in [5, 5.41) is 0. The Balaban J connectivity index is 1.74. The first-order valence-corrected chi connectivity index (χ1v) is 9.58. The standard InChI is InChI=1S/C17H17F2N3O4S/c1-11-2-4-13(16(23)20-11)17(24)21-6-8-22(9-7-21)27(25,26)15-5-3-12(18)10-14(15)19/h2-5,10H,6-9H2,1H3,(H,20,23). The van der Waals surface area contributed by atoms with Crippen LogP contribution in [0.3, 0.4) is 0 Å². The van der Waals surface area contributed by atoms with Gasteiger partial charge in [-0.15, -0.1) is 0 Å². The second-order valence-electron chi connectivity index (χ2n) is 6.16. The van der Waals surface area contributed by atoms with Crippen molar-refractivity contribution in [2.24, 2.45) is 0 Å². The van der Waals surface area contributed by atoms with Gasteiger partial charge >= 0.3 is 0 Å². The van der Waals surface area contributed by atoms with Crippen LogP contribution in [0.25, 0.3) is 0 Å². The number of piperazine rings is 1. The SMILES string of the molecule is Cc1ccc(C(=O)N2CCN(S(=O)(=O)c3ccc(F)cc3F)CC2)c(=O)[nH]1. The summed E-state index contributed by atoms with van der Waals surface area (Å²) in [7, 11) is -4.15. The number of benzene rings is 1. The van der Waals surface area contributed by atoms with Gasteiger partial charge in [-0.3, -0.25) is 9.59 Å². The Bertz CT molecular complexity index is 1040. The van der Waals surface area contributed by atoms with Crippen molar-refractivity contribution in [3.05, 3.63) is 63.6 Å². The Morgan fingerprint density at radius 2 is 1.74 bits per heavy atom. The summed E-state index contributed by atoms with van der Waals surface area (Å²) < 4.78 is 53.0. The molecule has 10 heteroatoms. The number of nitrogens with one attached hydrogen (secondary N) is 1. The number of carbonyl (C=O) groups excluding carboxylic acids is 1. The number of pyridine rings is 1. The van der Waals surface area contributed by atoms with Crippen LogP contribution in [0.2, 0.25) is 0 Å². The van der Waals surface area contributed by atoms with Gasteiger partial charge in [0.05, 0.1) is 0 Å². The largest absolute Gasteiger partial charge is 0.336 e. The first-order valence-electron chi connectivity index (χ1n) is 8.14. The number of aryl methyl sites for hydroxylation is 1. The van der Waals surface area contributed by atoms with Crippen LogP contribution in [0.1, 0.15) is 16.1 Å². The lowest BCUT2D eigenvalue weighted by molar-refractivity contribution is 0.0696. The fraction of sp³-hybridized carbons (Fsp3) is 0.294. The van der Waals surface area contributed by atoms with Crippen LogP contribution in [0, 0.1) is 18.6 Å². The molecule has 7 nitrogen and oxygen atoms in total. The third kappa shape index (κ3) is 3.76. The maximum Gasteiger partial charge on any atom is 0.260 e. The summed E-state index contributed by atoms with van der Waals surface area (Å²) >= 11 is 0. The smallest absolute Gasteiger partial charge is 0.260 e. The molecule has 27 heavy (non-hydrogen) atoms. The number of halogens is 2. The summed E-state index contributed by atoms with van der Waals surface area (Å²) in [6.07, 6.45) is 0. The van der Waals surface area contributed by atoms with Crippen molar-refractivity contribution >= 4 is 15.9 Å². The number of hydrogen-bond acceptors (Lipinski definition) is 4. The lowest BCUT2D eigenvalue weighted by Gasteiger charge is -2.34. The van der Waals surface area contributed by atoms with Gasteiger partial charge in [0, 0.05) is 37.9 Å². The molecule has 1 aromatic carbocycles. The van der Waals surface area contributed by atoms with E-state index in [1.54, 1.807) is 13.0 Å². The van der Waals surface area contributed by atoms with Gasteiger partial charge in [-0.25, -0.2) is 17.2 Å². The van der Waals surface area contributed by atoms with E-state index in [0.717, 1.165) is 16.4 Å². The van der Waals surface area contributed by atoms with Crippen molar-refractivity contribution in [2.75, 3.05) is 26.2 Å². The third-order valence-electron chi connectivity index (χ3n) is 4.32. The summed E-state index contributed by atoms with van der Waals surface area (Å²) in [6.45, 7) is 1.67. The Morgan fingerprint density at radius 3 is 2.33 bits per heavy atom. The Morgan fingerprint density at radius 1 is 1.07 bits per heavy atom. The van der Waals surface area contributed by atoms with E-state index in [9.17, 15) is 26.8 Å². The number of carbonyl (C=O) groups is 1. The minimum atomic E-state index is -4.15. The van der Waals surface area contributed by atoms with Crippen LogP contribution in [0.4, 0.5) is 8.78 Å². The van der Waals surface area contributed by atoms with Crippen LogP contribution in [-0.4, -0.2) is 54.7 Å². The normalized spacial score (nSPS) is 15.7. The van der Waals surface area contributed by atoms with Crippen LogP contribution >= 0.6 is 0 Å². The Labute approximate surface area is 154 Å². The van der Waals surface area contributed by atoms with Crippen molar-refractivity contribution in [2.45, 2.75) is 11.8 Å². The molecule has 1 N–H and O–H groups in total. The molecule has 1 aromatic heterocycles. The van der Waals surface area contributed by atoms with Crippen molar-refractivity contribution in [3.63, 3.8) is 0 Å². The van der Waals surface area contributed by atoms with Gasteiger partial charge in [-0.05, 0) is 31.2 Å². The minimum Gasteiger partial charge on any atom is -0.336 e. The zero-order chi connectivity index (χ0) is 19.8. The Kier molecular flexibility index (Phi) is 5.11. The topological polar surface area (TPSA) is 90.6 Å². The van der Waals surface area contributed by atoms with Gasteiger partial charge in [0.25, 0.3) is 11.5 Å². The van der Waals surface area contributed by atoms with Gasteiger partial charge in [0.1, 0.15) is 22.1 Å². The van der Waals surface area contributed by atoms with E-state index in [1.165, 1.54) is 11.0 Å². The van der Waals surface area contributed by atoms with Crippen molar-refractivity contribution < 1.29 is 22.0 Å². The molecule has 0 unspecified atom stereocenters. The quantitative estimate of drug-likeness (QED) is 0.840. The van der Waals surface area contributed by atoms with Crippen molar-refractivity contribution in [3.8, 4) is 0 Å². The predicted molar refractivity (Wildman–Crippen MR) is 92.8 cm³/mol. The van der Waals surface area contributed by atoms with E-state index in [4.69, 9.17) is 0 Å². The second-order valence-corrected chi connectivity index (χ2v) is 8.06. The molecular weight excluding hydrogens is 380 g/mol. The van der Waals surface area contributed by atoms with Gasteiger partial charge in [-0.2, -0.15) is 4.31 Å². The average molecular weight is 397 g/mol. The predicted octanol–water partition coefficient (Wildman–Crippen LogP) is 1.11. The molecule has 0 bridgehead atoms. The number of H-pyrrole nitrogens is 1. The van der Waals surface area contributed by atoms with E-state index in [0.29, 0.717) is 11.8 Å². The molecular formula is C17H17F2N3O4S. The lowest BCUT2D eigenvalue weighted by Crippen LogP contribution is -2.51. The molecule has 0 radical (unpaired) electrons.